The fraction of sp³-hybridized carbons (Fsp3) is 0.476. The van der Waals surface area contributed by atoms with Crippen LogP contribution in [0.15, 0.2) is 45.7 Å². The van der Waals surface area contributed by atoms with Crippen LogP contribution in [0.25, 0.3) is 5.70 Å². The summed E-state index contributed by atoms with van der Waals surface area (Å²) in [5.74, 6) is -0.773. The SMILES string of the molecule is CCCCC(=N/C(=C1\C(C)=NC(c2ncccc2Cl)=CCC1C)C(F)(F)F)C(F)(F)F. The Morgan fingerprint density at radius 2 is 1.87 bits per heavy atom. The lowest BCUT2D eigenvalue weighted by atomic mass is 9.92. The van der Waals surface area contributed by atoms with Gasteiger partial charge in [0, 0.05) is 17.5 Å². The molecule has 1 aliphatic rings. The van der Waals surface area contributed by atoms with Crippen LogP contribution >= 0.6 is 11.6 Å². The van der Waals surface area contributed by atoms with E-state index in [1.54, 1.807) is 25.1 Å². The maximum Gasteiger partial charge on any atom is 0.433 e. The van der Waals surface area contributed by atoms with Crippen molar-refractivity contribution in [3.63, 3.8) is 0 Å². The first-order chi connectivity index (χ1) is 14.4. The van der Waals surface area contributed by atoms with E-state index in [0.29, 0.717) is 6.42 Å². The van der Waals surface area contributed by atoms with Crippen LogP contribution in [0.2, 0.25) is 5.02 Å². The third-order valence-corrected chi connectivity index (χ3v) is 5.01. The molecule has 3 nitrogen and oxygen atoms in total. The van der Waals surface area contributed by atoms with Gasteiger partial charge in [0.1, 0.15) is 17.1 Å². The van der Waals surface area contributed by atoms with Crippen LogP contribution in [0.3, 0.4) is 0 Å². The highest BCUT2D eigenvalue weighted by molar-refractivity contribution is 6.32. The summed E-state index contributed by atoms with van der Waals surface area (Å²) in [7, 11) is 0. The summed E-state index contributed by atoms with van der Waals surface area (Å²) >= 11 is 6.12. The molecular formula is C21H22ClF6N3. The highest BCUT2D eigenvalue weighted by atomic mass is 35.5. The largest absolute Gasteiger partial charge is 0.433 e. The molecule has 2 rings (SSSR count). The Bertz CT molecular complexity index is 926. The summed E-state index contributed by atoms with van der Waals surface area (Å²) in [6, 6.07) is 3.16. The molecule has 0 amide bonds. The summed E-state index contributed by atoms with van der Waals surface area (Å²) in [5.41, 5.74) is -2.91. The molecule has 0 bridgehead atoms. The van der Waals surface area contributed by atoms with Gasteiger partial charge in [-0.2, -0.15) is 26.3 Å². The van der Waals surface area contributed by atoms with Crippen LogP contribution in [0, 0.1) is 5.92 Å². The number of rotatable bonds is 5. The van der Waals surface area contributed by atoms with Crippen molar-refractivity contribution in [2.75, 3.05) is 0 Å². The van der Waals surface area contributed by atoms with E-state index in [0.717, 1.165) is 0 Å². The van der Waals surface area contributed by atoms with E-state index in [1.807, 2.05) is 0 Å². The molecule has 0 saturated carbocycles. The zero-order valence-corrected chi connectivity index (χ0v) is 18.0. The van der Waals surface area contributed by atoms with Gasteiger partial charge in [0.15, 0.2) is 0 Å². The Kier molecular flexibility index (Phi) is 8.08. The Morgan fingerprint density at radius 1 is 1.19 bits per heavy atom. The minimum absolute atomic E-state index is 0.0747. The molecule has 0 fully saturated rings. The van der Waals surface area contributed by atoms with E-state index in [2.05, 4.69) is 15.0 Å². The van der Waals surface area contributed by atoms with Gasteiger partial charge in [-0.25, -0.2) is 4.99 Å². The summed E-state index contributed by atoms with van der Waals surface area (Å²) in [4.78, 5) is 11.5. The van der Waals surface area contributed by atoms with Crippen molar-refractivity contribution in [3.05, 3.63) is 46.4 Å². The van der Waals surface area contributed by atoms with Gasteiger partial charge in [-0.1, -0.05) is 37.9 Å². The van der Waals surface area contributed by atoms with Gasteiger partial charge in [0.05, 0.1) is 10.7 Å². The lowest BCUT2D eigenvalue weighted by Crippen LogP contribution is -2.27. The van der Waals surface area contributed by atoms with Crippen molar-refractivity contribution >= 4 is 28.7 Å². The van der Waals surface area contributed by atoms with Gasteiger partial charge in [-0.05, 0) is 44.2 Å². The fourth-order valence-electron chi connectivity index (χ4n) is 3.19. The molecular weight excluding hydrogens is 444 g/mol. The molecule has 170 valence electrons. The number of alkyl halides is 6. The van der Waals surface area contributed by atoms with Crippen LogP contribution in [-0.4, -0.2) is 28.8 Å². The Hall–Kier alpha value is -2.16. The maximum absolute atomic E-state index is 13.9. The van der Waals surface area contributed by atoms with Gasteiger partial charge < -0.3 is 0 Å². The molecule has 0 aromatic carbocycles. The molecule has 1 aromatic rings. The lowest BCUT2D eigenvalue weighted by molar-refractivity contribution is -0.0941. The van der Waals surface area contributed by atoms with E-state index in [1.165, 1.54) is 20.0 Å². The van der Waals surface area contributed by atoms with Gasteiger partial charge in [0.25, 0.3) is 0 Å². The number of aliphatic imine (C=N–C) groups is 2. The summed E-state index contributed by atoms with van der Waals surface area (Å²) in [6.07, 6.45) is -7.03. The normalized spacial score (nSPS) is 20.2. The zero-order chi connectivity index (χ0) is 23.4. The van der Waals surface area contributed by atoms with Crippen molar-refractivity contribution in [2.45, 2.75) is 58.8 Å². The van der Waals surface area contributed by atoms with E-state index in [9.17, 15) is 26.3 Å². The molecule has 1 aliphatic heterocycles. The van der Waals surface area contributed by atoms with Crippen LogP contribution in [0.4, 0.5) is 26.3 Å². The van der Waals surface area contributed by atoms with Crippen LogP contribution in [0.1, 0.15) is 52.1 Å². The van der Waals surface area contributed by atoms with Gasteiger partial charge in [-0.15, -0.1) is 0 Å². The zero-order valence-electron chi connectivity index (χ0n) is 17.2. The van der Waals surface area contributed by atoms with E-state index in [4.69, 9.17) is 11.6 Å². The molecule has 1 atom stereocenters. The number of hydrogen-bond acceptors (Lipinski definition) is 3. The van der Waals surface area contributed by atoms with Gasteiger partial charge in [0.2, 0.25) is 0 Å². The van der Waals surface area contributed by atoms with Crippen molar-refractivity contribution in [2.24, 2.45) is 15.9 Å². The first-order valence-corrected chi connectivity index (χ1v) is 10.1. The topological polar surface area (TPSA) is 37.6 Å². The number of unbranched alkanes of at least 4 members (excludes halogenated alkanes) is 1. The molecule has 10 heteroatoms. The van der Waals surface area contributed by atoms with Crippen LogP contribution < -0.4 is 0 Å². The molecule has 2 heterocycles. The smallest absolute Gasteiger partial charge is 0.253 e. The monoisotopic (exact) mass is 465 g/mol. The first kappa shape index (κ1) is 25.1. The third-order valence-electron chi connectivity index (χ3n) is 4.70. The maximum atomic E-state index is 13.9. The van der Waals surface area contributed by atoms with Crippen LogP contribution in [0.5, 0.6) is 0 Å². The predicted molar refractivity (Wildman–Crippen MR) is 110 cm³/mol. The highest BCUT2D eigenvalue weighted by Gasteiger charge is 2.42. The Labute approximate surface area is 181 Å². The lowest BCUT2D eigenvalue weighted by Gasteiger charge is -2.20. The second-order valence-electron chi connectivity index (χ2n) is 7.18. The number of halogens is 7. The second-order valence-corrected chi connectivity index (χ2v) is 7.58. The minimum Gasteiger partial charge on any atom is -0.253 e. The molecule has 1 unspecified atom stereocenters. The van der Waals surface area contributed by atoms with Gasteiger partial charge >= 0.3 is 12.4 Å². The number of aromatic nitrogens is 1. The van der Waals surface area contributed by atoms with Crippen molar-refractivity contribution in [1.29, 1.82) is 0 Å². The molecule has 0 saturated heterocycles. The summed E-state index contributed by atoms with van der Waals surface area (Å²) < 4.78 is 81.8. The fourth-order valence-corrected chi connectivity index (χ4v) is 3.41. The summed E-state index contributed by atoms with van der Waals surface area (Å²) in [5, 5.41) is 0.262. The second kappa shape index (κ2) is 9.97. The van der Waals surface area contributed by atoms with E-state index < -0.39 is 36.1 Å². The molecule has 0 spiro atoms. The van der Waals surface area contributed by atoms with E-state index in [-0.39, 0.29) is 40.5 Å². The number of pyridine rings is 1. The molecule has 1 aromatic heterocycles. The number of hydrogen-bond donors (Lipinski definition) is 0. The number of allylic oxidation sites excluding steroid dienone is 3. The molecule has 0 radical (unpaired) electrons. The molecule has 0 N–H and O–H groups in total. The minimum atomic E-state index is -5.09. The quantitative estimate of drug-likeness (QED) is 0.326. The first-order valence-electron chi connectivity index (χ1n) is 9.69. The average molecular weight is 466 g/mol. The van der Waals surface area contributed by atoms with Crippen LogP contribution in [-0.2, 0) is 0 Å². The predicted octanol–water partition coefficient (Wildman–Crippen LogP) is 7.59. The Morgan fingerprint density at radius 3 is 2.42 bits per heavy atom. The van der Waals surface area contributed by atoms with Crippen molar-refractivity contribution in [3.8, 4) is 0 Å². The number of nitrogens with zero attached hydrogens (tertiary/aromatic N) is 3. The van der Waals surface area contributed by atoms with Crippen molar-refractivity contribution < 1.29 is 26.3 Å². The summed E-state index contributed by atoms with van der Waals surface area (Å²) in [6.45, 7) is 4.47. The third kappa shape index (κ3) is 6.41. The Balaban J connectivity index is 2.69. The van der Waals surface area contributed by atoms with Crippen molar-refractivity contribution in [1.82, 2.24) is 4.98 Å². The molecule has 31 heavy (non-hydrogen) atoms. The molecule has 0 aliphatic carbocycles. The van der Waals surface area contributed by atoms with Gasteiger partial charge in [-0.3, -0.25) is 9.98 Å². The standard InChI is InChI=1S/C21H22ClF6N3/c1-4-5-8-16(20(23,24)25)31-19(21(26,27)28)17-12(2)9-10-15(30-13(17)3)18-14(22)7-6-11-29-18/h6-7,10-12H,4-5,8-9H2,1-3H3/b19-17-,31-16?. The van der Waals surface area contributed by atoms with E-state index >= 15 is 0 Å². The average Bonchev–Trinajstić information content (AvgIpc) is 2.79. The highest BCUT2D eigenvalue weighted by Crippen LogP contribution is 2.38.